The minimum Gasteiger partial charge on any atom is -0.508 e. The smallest absolute Gasteiger partial charge is 0.330 e. The van der Waals surface area contributed by atoms with E-state index >= 15 is 0 Å². The van der Waals surface area contributed by atoms with E-state index in [2.05, 4.69) is 12.6 Å². The highest BCUT2D eigenvalue weighted by atomic mass is 16.5. The molecule has 0 fully saturated rings. The van der Waals surface area contributed by atoms with Crippen LogP contribution in [-0.4, -0.2) is 17.2 Å². The molecular weight excluding hydrogens is 192 g/mol. The third-order valence-electron chi connectivity index (χ3n) is 1.92. The van der Waals surface area contributed by atoms with E-state index in [1.54, 1.807) is 25.1 Å². The Labute approximate surface area is 89.0 Å². The Morgan fingerprint density at radius 3 is 3.13 bits per heavy atom. The van der Waals surface area contributed by atoms with Crippen LogP contribution >= 0.6 is 0 Å². The van der Waals surface area contributed by atoms with Crippen LogP contribution in [0.5, 0.6) is 5.75 Å². The highest BCUT2D eigenvalue weighted by molar-refractivity contribution is 5.81. The maximum absolute atomic E-state index is 10.9. The van der Waals surface area contributed by atoms with Gasteiger partial charge in [-0.1, -0.05) is 12.6 Å². The molecule has 0 aliphatic carbocycles. The lowest BCUT2D eigenvalue weighted by Crippen LogP contribution is -2.15. The summed E-state index contributed by atoms with van der Waals surface area (Å²) in [6.07, 6.45) is 1.29. The second-order valence-corrected chi connectivity index (χ2v) is 3.21. The van der Waals surface area contributed by atoms with E-state index < -0.39 is 5.97 Å². The van der Waals surface area contributed by atoms with Crippen molar-refractivity contribution in [3.8, 4) is 5.75 Å². The lowest BCUT2D eigenvalue weighted by molar-refractivity contribution is -0.142. The van der Waals surface area contributed by atoms with Crippen LogP contribution in [0.3, 0.4) is 0 Å². The molecule has 79 valence electrons. The second-order valence-electron chi connectivity index (χ2n) is 3.21. The van der Waals surface area contributed by atoms with Crippen LogP contribution in [-0.2, 0) is 16.0 Å². The first-order valence-corrected chi connectivity index (χ1v) is 4.64. The molecule has 1 aromatic carbocycles. The summed E-state index contributed by atoms with van der Waals surface area (Å²) < 4.78 is 4.98. The number of ether oxygens (including phenoxy) is 1. The largest absolute Gasteiger partial charge is 0.508 e. The average Bonchev–Trinajstić information content (AvgIpc) is 2.21. The molecule has 0 saturated heterocycles. The highest BCUT2D eigenvalue weighted by Crippen LogP contribution is 2.17. The maximum Gasteiger partial charge on any atom is 0.330 e. The molecule has 1 atom stereocenters. The molecule has 1 N–H and O–H groups in total. The minimum atomic E-state index is -0.457. The Morgan fingerprint density at radius 2 is 2.53 bits per heavy atom. The van der Waals surface area contributed by atoms with Crippen molar-refractivity contribution in [2.45, 2.75) is 19.4 Å². The maximum atomic E-state index is 10.9. The number of phenols is 1. The fourth-order valence-corrected chi connectivity index (χ4v) is 1.22. The van der Waals surface area contributed by atoms with Gasteiger partial charge in [-0.2, -0.15) is 0 Å². The van der Waals surface area contributed by atoms with Crippen molar-refractivity contribution in [3.05, 3.63) is 42.5 Å². The van der Waals surface area contributed by atoms with Gasteiger partial charge in [0, 0.05) is 12.5 Å². The molecule has 1 radical (unpaired) electrons. The standard InChI is InChI=1S/C12H13O3/c1-3-12(14)15-9(2)8-10-6-4-5-7-11(10)13/h3,5-7,9,13H,1,8H2,2H3. The molecule has 3 nitrogen and oxygen atoms in total. The van der Waals surface area contributed by atoms with Crippen molar-refractivity contribution >= 4 is 5.97 Å². The molecule has 0 saturated carbocycles. The van der Waals surface area contributed by atoms with Gasteiger partial charge in [-0.3, -0.25) is 0 Å². The summed E-state index contributed by atoms with van der Waals surface area (Å²) in [6, 6.07) is 7.71. The van der Waals surface area contributed by atoms with Crippen molar-refractivity contribution < 1.29 is 14.6 Å². The van der Waals surface area contributed by atoms with Gasteiger partial charge in [0.25, 0.3) is 0 Å². The molecule has 0 bridgehead atoms. The summed E-state index contributed by atoms with van der Waals surface area (Å²) in [6.45, 7) is 5.07. The normalized spacial score (nSPS) is 11.8. The number of hydrogen-bond donors (Lipinski definition) is 1. The molecule has 1 aromatic rings. The Kier molecular flexibility index (Phi) is 3.92. The first kappa shape index (κ1) is 11.3. The van der Waals surface area contributed by atoms with Gasteiger partial charge in [0.05, 0.1) is 0 Å². The van der Waals surface area contributed by atoms with Crippen LogP contribution < -0.4 is 0 Å². The summed E-state index contributed by atoms with van der Waals surface area (Å²) in [7, 11) is 0. The van der Waals surface area contributed by atoms with Gasteiger partial charge >= 0.3 is 5.97 Å². The summed E-state index contributed by atoms with van der Waals surface area (Å²) in [5.41, 5.74) is 0.710. The van der Waals surface area contributed by atoms with E-state index in [0.29, 0.717) is 12.0 Å². The van der Waals surface area contributed by atoms with Gasteiger partial charge in [0.2, 0.25) is 0 Å². The van der Waals surface area contributed by atoms with Crippen molar-refractivity contribution in [2.24, 2.45) is 0 Å². The molecule has 0 aliphatic rings. The molecule has 0 amide bonds. The number of aromatic hydroxyl groups is 1. The van der Waals surface area contributed by atoms with Crippen LogP contribution in [0.25, 0.3) is 0 Å². The Bertz CT molecular complexity index is 358. The first-order chi connectivity index (χ1) is 7.13. The van der Waals surface area contributed by atoms with Gasteiger partial charge in [-0.25, -0.2) is 4.79 Å². The number of carbonyl (C=O) groups is 1. The zero-order chi connectivity index (χ0) is 11.3. The van der Waals surface area contributed by atoms with Gasteiger partial charge in [-0.05, 0) is 30.7 Å². The zero-order valence-electron chi connectivity index (χ0n) is 8.56. The van der Waals surface area contributed by atoms with Crippen molar-refractivity contribution in [2.75, 3.05) is 0 Å². The Balaban J connectivity index is 2.58. The van der Waals surface area contributed by atoms with E-state index in [1.807, 2.05) is 0 Å². The molecule has 0 aromatic heterocycles. The second kappa shape index (κ2) is 5.20. The highest BCUT2D eigenvalue weighted by Gasteiger charge is 2.09. The molecule has 15 heavy (non-hydrogen) atoms. The lowest BCUT2D eigenvalue weighted by atomic mass is 10.1. The molecule has 1 rings (SSSR count). The third kappa shape index (κ3) is 3.46. The zero-order valence-corrected chi connectivity index (χ0v) is 8.56. The van der Waals surface area contributed by atoms with Crippen molar-refractivity contribution in [1.82, 2.24) is 0 Å². The first-order valence-electron chi connectivity index (χ1n) is 4.64. The summed E-state index contributed by atoms with van der Waals surface area (Å²) >= 11 is 0. The molecule has 3 heteroatoms. The number of benzene rings is 1. The lowest BCUT2D eigenvalue weighted by Gasteiger charge is -2.12. The van der Waals surface area contributed by atoms with Crippen LogP contribution in [0.1, 0.15) is 12.5 Å². The number of phenolic OH excluding ortho intramolecular Hbond substituents is 1. The summed E-state index contributed by atoms with van der Waals surface area (Å²) in [4.78, 5) is 10.9. The number of carbonyl (C=O) groups excluding carboxylic acids is 1. The van der Waals surface area contributed by atoms with Gasteiger partial charge < -0.3 is 9.84 Å². The predicted molar refractivity (Wildman–Crippen MR) is 56.4 cm³/mol. The van der Waals surface area contributed by atoms with E-state index in [-0.39, 0.29) is 11.9 Å². The molecule has 0 spiro atoms. The van der Waals surface area contributed by atoms with Gasteiger partial charge in [-0.15, -0.1) is 0 Å². The fourth-order valence-electron chi connectivity index (χ4n) is 1.22. The van der Waals surface area contributed by atoms with Crippen molar-refractivity contribution in [1.29, 1.82) is 0 Å². The molecule has 1 unspecified atom stereocenters. The Hall–Kier alpha value is -1.77. The van der Waals surface area contributed by atoms with Crippen molar-refractivity contribution in [3.63, 3.8) is 0 Å². The Morgan fingerprint density at radius 1 is 1.80 bits per heavy atom. The summed E-state index contributed by atoms with van der Waals surface area (Å²) in [5, 5.41) is 9.47. The van der Waals surface area contributed by atoms with Gasteiger partial charge in [0.15, 0.2) is 0 Å². The van der Waals surface area contributed by atoms with Crippen LogP contribution in [0, 0.1) is 6.07 Å². The summed E-state index contributed by atoms with van der Waals surface area (Å²) in [5.74, 6) is -0.267. The monoisotopic (exact) mass is 205 g/mol. The van der Waals surface area contributed by atoms with E-state index in [4.69, 9.17) is 4.74 Å². The fraction of sp³-hybridized carbons (Fsp3) is 0.250. The quantitative estimate of drug-likeness (QED) is 0.602. The minimum absolute atomic E-state index is 0.190. The molecule has 0 aliphatic heterocycles. The number of hydrogen-bond acceptors (Lipinski definition) is 3. The van der Waals surface area contributed by atoms with E-state index in [9.17, 15) is 9.90 Å². The van der Waals surface area contributed by atoms with Gasteiger partial charge in [0.1, 0.15) is 11.9 Å². The third-order valence-corrected chi connectivity index (χ3v) is 1.92. The van der Waals surface area contributed by atoms with Crippen LogP contribution in [0.4, 0.5) is 0 Å². The molecule has 0 heterocycles. The predicted octanol–water partition coefficient (Wildman–Crippen LogP) is 1.85. The number of esters is 1. The average molecular weight is 205 g/mol. The van der Waals surface area contributed by atoms with Crippen LogP contribution in [0.15, 0.2) is 30.9 Å². The SMILES string of the molecule is C=CC(=O)OC(C)Cc1c[c]ccc1O. The topological polar surface area (TPSA) is 46.5 Å². The van der Waals surface area contributed by atoms with E-state index in [1.165, 1.54) is 0 Å². The number of rotatable bonds is 4. The van der Waals surface area contributed by atoms with Crippen LogP contribution in [0.2, 0.25) is 0 Å². The van der Waals surface area contributed by atoms with E-state index in [0.717, 1.165) is 6.08 Å². The molecular formula is C12H13O3.